The Bertz CT molecular complexity index is 542. The van der Waals surface area contributed by atoms with Gasteiger partial charge in [0.2, 0.25) is 0 Å². The maximum atomic E-state index is 11.8. The molecule has 1 N–H and O–H groups in total. The van der Waals surface area contributed by atoms with Crippen LogP contribution in [0, 0.1) is 0 Å². The van der Waals surface area contributed by atoms with Gasteiger partial charge in [0.05, 0.1) is 21.5 Å². The second kappa shape index (κ2) is 5.49. The minimum Gasteiger partial charge on any atom is -0.347 e. The number of hydrogen-bond acceptors (Lipinski definition) is 3. The molecule has 0 aliphatic rings. The highest BCUT2D eigenvalue weighted by molar-refractivity contribution is 7.16. The highest BCUT2D eigenvalue weighted by Crippen LogP contribution is 2.21. The molecule has 0 saturated heterocycles. The van der Waals surface area contributed by atoms with Gasteiger partial charge in [-0.2, -0.15) is 0 Å². The molecule has 2 aromatic rings. The molecule has 88 valence electrons. The van der Waals surface area contributed by atoms with Crippen LogP contribution in [0.4, 0.5) is 0 Å². The maximum Gasteiger partial charge on any atom is 0.254 e. The van der Waals surface area contributed by atoms with E-state index in [4.69, 9.17) is 23.2 Å². The average Bonchev–Trinajstić information content (AvgIpc) is 2.73. The minimum atomic E-state index is -0.243. The monoisotopic (exact) mass is 286 g/mol. The molecule has 2 heterocycles. The van der Waals surface area contributed by atoms with Crippen LogP contribution in [0.3, 0.4) is 0 Å². The number of pyridine rings is 1. The first kappa shape index (κ1) is 12.4. The van der Waals surface area contributed by atoms with Crippen molar-refractivity contribution in [3.05, 3.63) is 50.4 Å². The molecule has 1 amide bonds. The summed E-state index contributed by atoms with van der Waals surface area (Å²) in [5, 5.41) is 3.15. The van der Waals surface area contributed by atoms with Gasteiger partial charge >= 0.3 is 0 Å². The molecule has 0 saturated carbocycles. The van der Waals surface area contributed by atoms with Crippen molar-refractivity contribution in [1.82, 2.24) is 10.3 Å². The molecule has 2 rings (SSSR count). The van der Waals surface area contributed by atoms with Crippen molar-refractivity contribution in [3.8, 4) is 0 Å². The lowest BCUT2D eigenvalue weighted by atomic mass is 10.2. The van der Waals surface area contributed by atoms with Crippen molar-refractivity contribution in [2.75, 3.05) is 0 Å². The zero-order chi connectivity index (χ0) is 12.3. The first-order chi connectivity index (χ1) is 8.16. The topological polar surface area (TPSA) is 42.0 Å². The Morgan fingerprint density at radius 1 is 1.35 bits per heavy atom. The molecule has 0 bridgehead atoms. The van der Waals surface area contributed by atoms with Crippen molar-refractivity contribution < 1.29 is 4.79 Å². The molecule has 0 aliphatic carbocycles. The molecule has 0 radical (unpaired) electrons. The van der Waals surface area contributed by atoms with E-state index in [1.54, 1.807) is 12.1 Å². The van der Waals surface area contributed by atoms with Gasteiger partial charge in [-0.3, -0.25) is 9.78 Å². The van der Waals surface area contributed by atoms with Crippen LogP contribution in [0.5, 0.6) is 0 Å². The summed E-state index contributed by atoms with van der Waals surface area (Å²) in [6.07, 6.45) is 2.98. The van der Waals surface area contributed by atoms with Crippen molar-refractivity contribution in [2.45, 2.75) is 6.54 Å². The molecule has 17 heavy (non-hydrogen) atoms. The van der Waals surface area contributed by atoms with Crippen LogP contribution in [0.15, 0.2) is 30.6 Å². The first-order valence-electron chi connectivity index (χ1n) is 4.79. The number of carbonyl (C=O) groups excluding carboxylic acids is 1. The van der Waals surface area contributed by atoms with Gasteiger partial charge in [0.1, 0.15) is 0 Å². The Morgan fingerprint density at radius 3 is 2.82 bits per heavy atom. The molecule has 0 atom stereocenters. The molecule has 0 unspecified atom stereocenters. The zero-order valence-corrected chi connectivity index (χ0v) is 10.9. The van der Waals surface area contributed by atoms with Gasteiger partial charge in [0, 0.05) is 17.3 Å². The van der Waals surface area contributed by atoms with Crippen LogP contribution in [-0.2, 0) is 6.54 Å². The predicted molar refractivity (Wildman–Crippen MR) is 69.7 cm³/mol. The lowest BCUT2D eigenvalue weighted by Crippen LogP contribution is -2.22. The Morgan fingerprint density at radius 2 is 2.18 bits per heavy atom. The third-order valence-electron chi connectivity index (χ3n) is 2.06. The third-order valence-corrected chi connectivity index (χ3v) is 3.63. The van der Waals surface area contributed by atoms with E-state index in [-0.39, 0.29) is 5.91 Å². The van der Waals surface area contributed by atoms with E-state index in [0.29, 0.717) is 21.5 Å². The van der Waals surface area contributed by atoms with Crippen LogP contribution in [-0.4, -0.2) is 10.9 Å². The molecule has 0 spiro atoms. The zero-order valence-electron chi connectivity index (χ0n) is 8.61. The standard InChI is InChI=1S/C11H8Cl2N2OS/c12-9-3-4-14-6-8(9)11(16)15-5-7-1-2-10(13)17-7/h1-4,6H,5H2,(H,15,16). The molecule has 2 aromatic heterocycles. The normalized spacial score (nSPS) is 10.2. The SMILES string of the molecule is O=C(NCc1ccc(Cl)s1)c1cnccc1Cl. The van der Waals surface area contributed by atoms with E-state index in [1.165, 1.54) is 23.7 Å². The summed E-state index contributed by atoms with van der Waals surface area (Å²) in [6.45, 7) is 0.432. The number of hydrogen-bond donors (Lipinski definition) is 1. The van der Waals surface area contributed by atoms with E-state index >= 15 is 0 Å². The van der Waals surface area contributed by atoms with Crippen molar-refractivity contribution in [2.24, 2.45) is 0 Å². The van der Waals surface area contributed by atoms with Crippen LogP contribution in [0.25, 0.3) is 0 Å². The molecular formula is C11H8Cl2N2OS. The fourth-order valence-corrected chi connectivity index (χ4v) is 2.47. The van der Waals surface area contributed by atoms with Gasteiger partial charge in [-0.15, -0.1) is 11.3 Å². The van der Waals surface area contributed by atoms with Gasteiger partial charge in [0.15, 0.2) is 0 Å². The highest BCUT2D eigenvalue weighted by Gasteiger charge is 2.10. The van der Waals surface area contributed by atoms with Gasteiger partial charge in [0.25, 0.3) is 5.91 Å². The van der Waals surface area contributed by atoms with Crippen molar-refractivity contribution in [3.63, 3.8) is 0 Å². The second-order valence-corrected chi connectivity index (χ2v) is 5.45. The number of rotatable bonds is 3. The number of nitrogens with zero attached hydrogens (tertiary/aromatic N) is 1. The number of aromatic nitrogens is 1. The van der Waals surface area contributed by atoms with Gasteiger partial charge < -0.3 is 5.32 Å². The predicted octanol–water partition coefficient (Wildman–Crippen LogP) is 3.38. The van der Waals surface area contributed by atoms with Gasteiger partial charge in [-0.05, 0) is 18.2 Å². The summed E-state index contributed by atoms with van der Waals surface area (Å²) < 4.78 is 0.702. The number of amides is 1. The van der Waals surface area contributed by atoms with Gasteiger partial charge in [-0.1, -0.05) is 23.2 Å². The number of carbonyl (C=O) groups is 1. The van der Waals surface area contributed by atoms with E-state index in [1.807, 2.05) is 6.07 Å². The number of halogens is 2. The lowest BCUT2D eigenvalue weighted by molar-refractivity contribution is 0.0951. The van der Waals surface area contributed by atoms with Crippen molar-refractivity contribution in [1.29, 1.82) is 0 Å². The fourth-order valence-electron chi connectivity index (χ4n) is 1.25. The third kappa shape index (κ3) is 3.19. The largest absolute Gasteiger partial charge is 0.347 e. The van der Waals surface area contributed by atoms with E-state index in [2.05, 4.69) is 10.3 Å². The molecule has 3 nitrogen and oxygen atoms in total. The van der Waals surface area contributed by atoms with Crippen LogP contribution < -0.4 is 5.32 Å². The second-order valence-electron chi connectivity index (χ2n) is 3.24. The maximum absolute atomic E-state index is 11.8. The summed E-state index contributed by atoms with van der Waals surface area (Å²) in [4.78, 5) is 16.6. The summed E-state index contributed by atoms with van der Waals surface area (Å²) in [5.41, 5.74) is 0.372. The Kier molecular flexibility index (Phi) is 3.99. The average molecular weight is 287 g/mol. The molecule has 0 aliphatic heterocycles. The highest BCUT2D eigenvalue weighted by atomic mass is 35.5. The van der Waals surface area contributed by atoms with Gasteiger partial charge in [-0.25, -0.2) is 0 Å². The smallest absolute Gasteiger partial charge is 0.254 e. The fraction of sp³-hybridized carbons (Fsp3) is 0.0909. The van der Waals surface area contributed by atoms with Crippen LogP contribution >= 0.6 is 34.5 Å². The first-order valence-corrected chi connectivity index (χ1v) is 6.36. The summed E-state index contributed by atoms with van der Waals surface area (Å²) in [5.74, 6) is -0.243. The van der Waals surface area contributed by atoms with E-state index < -0.39 is 0 Å². The van der Waals surface area contributed by atoms with Crippen LogP contribution in [0.1, 0.15) is 15.2 Å². The molecule has 6 heteroatoms. The number of thiophene rings is 1. The summed E-state index contributed by atoms with van der Waals surface area (Å²) >= 11 is 13.1. The molecule has 0 fully saturated rings. The minimum absolute atomic E-state index is 0.243. The quantitative estimate of drug-likeness (QED) is 0.940. The van der Waals surface area contributed by atoms with Crippen LogP contribution in [0.2, 0.25) is 9.36 Å². The summed E-state index contributed by atoms with van der Waals surface area (Å²) in [7, 11) is 0. The Hall–Kier alpha value is -1.10. The summed E-state index contributed by atoms with van der Waals surface area (Å²) in [6, 6.07) is 5.25. The lowest BCUT2D eigenvalue weighted by Gasteiger charge is -2.04. The molecular weight excluding hydrogens is 279 g/mol. The number of nitrogens with one attached hydrogen (secondary N) is 1. The Labute approximate surface area is 112 Å². The van der Waals surface area contributed by atoms with E-state index in [0.717, 1.165) is 4.88 Å². The van der Waals surface area contributed by atoms with Crippen molar-refractivity contribution >= 4 is 40.4 Å². The van der Waals surface area contributed by atoms with E-state index in [9.17, 15) is 4.79 Å². The Balaban J connectivity index is 2.01. The molecule has 0 aromatic carbocycles.